The largest absolute Gasteiger partial charge is 0.477 e. The first-order chi connectivity index (χ1) is 11.4. The van der Waals surface area contributed by atoms with Crippen LogP contribution in [0.15, 0.2) is 28.9 Å². The summed E-state index contributed by atoms with van der Waals surface area (Å²) >= 11 is 0. The van der Waals surface area contributed by atoms with E-state index in [0.717, 1.165) is 0 Å². The van der Waals surface area contributed by atoms with E-state index in [1.54, 1.807) is 17.4 Å². The number of amides is 3. The zero-order valence-electron chi connectivity index (χ0n) is 11.9. The van der Waals surface area contributed by atoms with Crippen molar-refractivity contribution in [3.05, 3.63) is 53.5 Å². The summed E-state index contributed by atoms with van der Waals surface area (Å²) in [5.74, 6) is -8.99. The van der Waals surface area contributed by atoms with E-state index in [9.17, 15) is 27.2 Å². The van der Waals surface area contributed by atoms with Crippen molar-refractivity contribution >= 4 is 11.9 Å². The summed E-state index contributed by atoms with van der Waals surface area (Å²) in [5, 5.41) is 4.06. The number of furan rings is 1. The van der Waals surface area contributed by atoms with Crippen LogP contribution in [0.4, 0.5) is 22.4 Å². The minimum Gasteiger partial charge on any atom is -0.477 e. The summed E-state index contributed by atoms with van der Waals surface area (Å²) in [7, 11) is 0. The monoisotopic (exact) mass is 346 g/mol. The van der Waals surface area contributed by atoms with Crippen molar-refractivity contribution in [2.24, 2.45) is 0 Å². The van der Waals surface area contributed by atoms with Gasteiger partial charge in [0.15, 0.2) is 24.0 Å². The predicted molar refractivity (Wildman–Crippen MR) is 70.9 cm³/mol. The standard InChI is InChI=1S/C14H10F4N2O4/c15-8-4-9(16)12(18)13(11(8)17)24-6-10(21)20-14(22)19-5-7-2-1-3-23-7/h1-4H,5-6H2,(H2,19,20,21,22). The molecule has 2 aromatic rings. The smallest absolute Gasteiger partial charge is 0.321 e. The number of halogens is 4. The Kier molecular flexibility index (Phi) is 5.40. The predicted octanol–water partition coefficient (Wildman–Crippen LogP) is 2.24. The molecule has 0 saturated heterocycles. The van der Waals surface area contributed by atoms with Crippen LogP contribution in [-0.4, -0.2) is 18.5 Å². The Morgan fingerprint density at radius 2 is 1.79 bits per heavy atom. The van der Waals surface area contributed by atoms with E-state index in [1.165, 1.54) is 6.26 Å². The van der Waals surface area contributed by atoms with Gasteiger partial charge in [0.2, 0.25) is 11.6 Å². The van der Waals surface area contributed by atoms with Crippen molar-refractivity contribution < 1.29 is 36.3 Å². The minimum absolute atomic E-state index is 0.000319. The van der Waals surface area contributed by atoms with Crippen LogP contribution in [0.3, 0.4) is 0 Å². The number of hydrogen-bond acceptors (Lipinski definition) is 4. The fraction of sp³-hybridized carbons (Fsp3) is 0.143. The highest BCUT2D eigenvalue weighted by molar-refractivity contribution is 5.94. The Labute approximate surface area is 132 Å². The quantitative estimate of drug-likeness (QED) is 0.643. The fourth-order valence-corrected chi connectivity index (χ4v) is 1.60. The number of carbonyl (C=O) groups excluding carboxylic acids is 2. The van der Waals surface area contributed by atoms with Gasteiger partial charge in [-0.25, -0.2) is 13.6 Å². The molecule has 0 bridgehead atoms. The number of ether oxygens (including phenoxy) is 1. The SMILES string of the molecule is O=C(COc1c(F)c(F)cc(F)c1F)NC(=O)NCc1ccco1. The third kappa shape index (κ3) is 4.24. The Hall–Kier alpha value is -3.04. The van der Waals surface area contributed by atoms with Crippen LogP contribution in [0.1, 0.15) is 5.76 Å². The molecule has 0 spiro atoms. The summed E-state index contributed by atoms with van der Waals surface area (Å²) in [6, 6.07) is 2.25. The number of rotatable bonds is 5. The Bertz CT molecular complexity index is 723. The zero-order valence-corrected chi connectivity index (χ0v) is 11.9. The molecule has 0 fully saturated rings. The molecule has 0 aliphatic heterocycles. The Balaban J connectivity index is 1.86. The lowest BCUT2D eigenvalue weighted by Crippen LogP contribution is -2.41. The van der Waals surface area contributed by atoms with Crippen molar-refractivity contribution in [3.63, 3.8) is 0 Å². The highest BCUT2D eigenvalue weighted by Gasteiger charge is 2.21. The number of urea groups is 1. The lowest BCUT2D eigenvalue weighted by molar-refractivity contribution is -0.122. The number of hydrogen-bond donors (Lipinski definition) is 2. The lowest BCUT2D eigenvalue weighted by atomic mass is 10.3. The molecule has 24 heavy (non-hydrogen) atoms. The summed E-state index contributed by atoms with van der Waals surface area (Å²) in [5.41, 5.74) is 0. The second kappa shape index (κ2) is 7.49. The Morgan fingerprint density at radius 3 is 2.38 bits per heavy atom. The van der Waals surface area contributed by atoms with Crippen molar-refractivity contribution in [3.8, 4) is 5.75 Å². The van der Waals surface area contributed by atoms with Crippen LogP contribution in [0.5, 0.6) is 5.75 Å². The van der Waals surface area contributed by atoms with Crippen molar-refractivity contribution in [2.75, 3.05) is 6.61 Å². The third-order valence-electron chi connectivity index (χ3n) is 2.68. The van der Waals surface area contributed by atoms with Gasteiger partial charge in [-0.1, -0.05) is 0 Å². The van der Waals surface area contributed by atoms with Crippen LogP contribution < -0.4 is 15.4 Å². The first-order valence-electron chi connectivity index (χ1n) is 6.44. The molecule has 128 valence electrons. The van der Waals surface area contributed by atoms with Gasteiger partial charge in [0.25, 0.3) is 5.91 Å². The van der Waals surface area contributed by atoms with Crippen LogP contribution in [0, 0.1) is 23.3 Å². The molecule has 0 unspecified atom stereocenters. The average Bonchev–Trinajstić information content (AvgIpc) is 3.04. The van der Waals surface area contributed by atoms with E-state index in [1.807, 2.05) is 0 Å². The van der Waals surface area contributed by atoms with Crippen molar-refractivity contribution in [2.45, 2.75) is 6.54 Å². The van der Waals surface area contributed by atoms with E-state index in [4.69, 9.17) is 4.42 Å². The normalized spacial score (nSPS) is 10.3. The van der Waals surface area contributed by atoms with Gasteiger partial charge in [0.05, 0.1) is 12.8 Å². The maximum atomic E-state index is 13.3. The van der Waals surface area contributed by atoms with Gasteiger partial charge in [-0.15, -0.1) is 0 Å². The van der Waals surface area contributed by atoms with Crippen LogP contribution in [0.25, 0.3) is 0 Å². The highest BCUT2D eigenvalue weighted by atomic mass is 19.2. The van der Waals surface area contributed by atoms with Gasteiger partial charge >= 0.3 is 6.03 Å². The molecule has 10 heteroatoms. The number of carbonyl (C=O) groups is 2. The van der Waals surface area contributed by atoms with Gasteiger partial charge in [0.1, 0.15) is 5.76 Å². The maximum Gasteiger partial charge on any atom is 0.321 e. The summed E-state index contributed by atoms with van der Waals surface area (Å²) in [4.78, 5) is 22.8. The van der Waals surface area contributed by atoms with Gasteiger partial charge in [-0.3, -0.25) is 10.1 Å². The molecule has 6 nitrogen and oxygen atoms in total. The van der Waals surface area contributed by atoms with E-state index in [2.05, 4.69) is 10.1 Å². The average molecular weight is 346 g/mol. The number of imide groups is 1. The molecule has 0 aliphatic carbocycles. The summed E-state index contributed by atoms with van der Waals surface area (Å²) in [6.45, 7) is -1.05. The van der Waals surface area contributed by atoms with Crippen molar-refractivity contribution in [1.29, 1.82) is 0 Å². The van der Waals surface area contributed by atoms with E-state index < -0.39 is 47.6 Å². The van der Waals surface area contributed by atoms with Gasteiger partial charge in [-0.05, 0) is 12.1 Å². The van der Waals surface area contributed by atoms with Gasteiger partial charge < -0.3 is 14.5 Å². The van der Waals surface area contributed by atoms with E-state index >= 15 is 0 Å². The summed E-state index contributed by atoms with van der Waals surface area (Å²) in [6.07, 6.45) is 1.38. The summed E-state index contributed by atoms with van der Waals surface area (Å²) < 4.78 is 61.9. The molecule has 1 heterocycles. The Morgan fingerprint density at radius 1 is 1.12 bits per heavy atom. The number of nitrogens with one attached hydrogen (secondary N) is 2. The van der Waals surface area contributed by atoms with E-state index in [-0.39, 0.29) is 12.6 Å². The molecule has 2 N–H and O–H groups in total. The molecule has 1 aromatic carbocycles. The molecule has 0 saturated carbocycles. The molecule has 2 rings (SSSR count). The second-order valence-corrected chi connectivity index (χ2v) is 4.40. The van der Waals surface area contributed by atoms with Crippen LogP contribution in [0.2, 0.25) is 0 Å². The highest BCUT2D eigenvalue weighted by Crippen LogP contribution is 2.26. The molecule has 0 aliphatic rings. The minimum atomic E-state index is -1.79. The first-order valence-corrected chi connectivity index (χ1v) is 6.44. The molecular formula is C14H10F4N2O4. The second-order valence-electron chi connectivity index (χ2n) is 4.40. The van der Waals surface area contributed by atoms with Gasteiger partial charge in [0, 0.05) is 6.07 Å². The lowest BCUT2D eigenvalue weighted by Gasteiger charge is -2.09. The molecular weight excluding hydrogens is 336 g/mol. The van der Waals surface area contributed by atoms with Crippen molar-refractivity contribution in [1.82, 2.24) is 10.6 Å². The van der Waals surface area contributed by atoms with Crippen LogP contribution >= 0.6 is 0 Å². The number of benzene rings is 1. The topological polar surface area (TPSA) is 80.6 Å². The molecule has 1 aromatic heterocycles. The first kappa shape index (κ1) is 17.3. The maximum absolute atomic E-state index is 13.3. The third-order valence-corrected chi connectivity index (χ3v) is 2.68. The molecule has 0 radical (unpaired) electrons. The van der Waals surface area contributed by atoms with E-state index in [0.29, 0.717) is 5.76 Å². The molecule has 0 atom stereocenters. The molecule has 3 amide bonds. The zero-order chi connectivity index (χ0) is 17.7. The fourth-order valence-electron chi connectivity index (χ4n) is 1.60. The van der Waals surface area contributed by atoms with Gasteiger partial charge in [-0.2, -0.15) is 8.78 Å². The van der Waals surface area contributed by atoms with Crippen LogP contribution in [-0.2, 0) is 11.3 Å².